The van der Waals surface area contributed by atoms with E-state index in [1.807, 2.05) is 19.1 Å². The summed E-state index contributed by atoms with van der Waals surface area (Å²) in [7, 11) is 0. The Bertz CT molecular complexity index is 1070. The Hall–Kier alpha value is -2.20. The molecule has 1 heterocycles. The molecule has 2 nitrogen and oxygen atoms in total. The molecular weight excluding hydrogens is 490 g/mol. The summed E-state index contributed by atoms with van der Waals surface area (Å²) < 4.78 is 41.1. The van der Waals surface area contributed by atoms with E-state index in [0.717, 1.165) is 30.8 Å². The lowest BCUT2D eigenvalue weighted by atomic mass is 9.71. The van der Waals surface area contributed by atoms with Crippen molar-refractivity contribution in [1.82, 2.24) is 0 Å². The van der Waals surface area contributed by atoms with E-state index < -0.39 is 11.6 Å². The van der Waals surface area contributed by atoms with Crippen molar-refractivity contribution in [3.8, 4) is 16.9 Å². The highest BCUT2D eigenvalue weighted by molar-refractivity contribution is 5.65. The fourth-order valence-electron chi connectivity index (χ4n) is 7.45. The summed E-state index contributed by atoms with van der Waals surface area (Å²) in [6.07, 6.45) is 18.6. The quantitative estimate of drug-likeness (QED) is 0.313. The summed E-state index contributed by atoms with van der Waals surface area (Å²) >= 11 is 0. The number of rotatable bonds is 8. The first-order valence-electron chi connectivity index (χ1n) is 15.5. The maximum absolute atomic E-state index is 14.8. The third-order valence-corrected chi connectivity index (χ3v) is 9.79. The van der Waals surface area contributed by atoms with Gasteiger partial charge in [-0.3, -0.25) is 0 Å². The molecule has 3 aliphatic rings. The van der Waals surface area contributed by atoms with E-state index in [1.165, 1.54) is 75.8 Å². The Balaban J connectivity index is 1.10. The largest absolute Gasteiger partial charge is 0.490 e. The van der Waals surface area contributed by atoms with Crippen LogP contribution in [0.15, 0.2) is 48.6 Å². The molecule has 0 aromatic heterocycles. The summed E-state index contributed by atoms with van der Waals surface area (Å²) in [6, 6.07) is 11.2. The van der Waals surface area contributed by atoms with Crippen molar-refractivity contribution >= 4 is 0 Å². The van der Waals surface area contributed by atoms with Crippen molar-refractivity contribution < 1.29 is 18.3 Å². The second-order valence-electron chi connectivity index (χ2n) is 12.2. The standard InChI is InChI=1S/C35H46F2O2/c1-3-5-24-6-8-27(9-7-24)30-18-20-32(39-23-30)29-16-12-26(13-17-29)25-10-14-28(15-11-25)31-19-21-33(38-22-4-2)35(37)34(31)36/h3,5,10-11,14-15,19,21,24,26-27,29-30,32H,4,6-9,12-13,16-18,20,22-23H2,1-2H3. The zero-order valence-electron chi connectivity index (χ0n) is 23.8. The van der Waals surface area contributed by atoms with Gasteiger partial charge in [-0.15, -0.1) is 0 Å². The van der Waals surface area contributed by atoms with E-state index in [1.54, 1.807) is 6.07 Å². The molecular formula is C35H46F2O2. The first-order valence-corrected chi connectivity index (χ1v) is 15.5. The predicted octanol–water partition coefficient (Wildman–Crippen LogP) is 9.87. The Kier molecular flexibility index (Phi) is 9.76. The topological polar surface area (TPSA) is 18.5 Å². The van der Waals surface area contributed by atoms with Crippen LogP contribution >= 0.6 is 0 Å². The first kappa shape index (κ1) is 28.3. The molecule has 2 aromatic carbocycles. The normalized spacial score (nSPS) is 29.9. The van der Waals surface area contributed by atoms with Crippen LogP contribution in [0.1, 0.15) is 96.0 Å². The van der Waals surface area contributed by atoms with Gasteiger partial charge in [-0.1, -0.05) is 43.3 Å². The summed E-state index contributed by atoms with van der Waals surface area (Å²) in [5, 5.41) is 0. The van der Waals surface area contributed by atoms with Gasteiger partial charge in [0, 0.05) is 5.56 Å². The molecule has 0 bridgehead atoms. The lowest BCUT2D eigenvalue weighted by molar-refractivity contribution is -0.0718. The fraction of sp³-hybridized carbons (Fsp3) is 0.600. The van der Waals surface area contributed by atoms with E-state index in [9.17, 15) is 8.78 Å². The van der Waals surface area contributed by atoms with Crippen molar-refractivity contribution in [3.05, 3.63) is 65.7 Å². The number of halogens is 2. The summed E-state index contributed by atoms with van der Waals surface area (Å²) in [5.41, 5.74) is 2.29. The first-order chi connectivity index (χ1) is 19.1. The highest BCUT2D eigenvalue weighted by Gasteiger charge is 2.35. The van der Waals surface area contributed by atoms with Gasteiger partial charge in [-0.2, -0.15) is 4.39 Å². The lowest BCUT2D eigenvalue weighted by Crippen LogP contribution is -2.37. The number of ether oxygens (including phenoxy) is 2. The van der Waals surface area contributed by atoms with E-state index in [2.05, 4.69) is 31.2 Å². The van der Waals surface area contributed by atoms with Gasteiger partial charge < -0.3 is 9.47 Å². The second-order valence-corrected chi connectivity index (χ2v) is 12.2. The fourth-order valence-corrected chi connectivity index (χ4v) is 7.45. The zero-order valence-corrected chi connectivity index (χ0v) is 23.8. The van der Waals surface area contributed by atoms with Crippen LogP contribution in [-0.2, 0) is 4.74 Å². The Morgan fingerprint density at radius 2 is 1.49 bits per heavy atom. The van der Waals surface area contributed by atoms with Crippen LogP contribution in [0.2, 0.25) is 0 Å². The van der Waals surface area contributed by atoms with E-state index in [-0.39, 0.29) is 11.3 Å². The van der Waals surface area contributed by atoms with Gasteiger partial charge in [-0.05, 0) is 130 Å². The van der Waals surface area contributed by atoms with Crippen LogP contribution in [0.25, 0.3) is 11.1 Å². The van der Waals surface area contributed by atoms with Crippen LogP contribution in [0.4, 0.5) is 8.78 Å². The maximum Gasteiger partial charge on any atom is 0.201 e. The van der Waals surface area contributed by atoms with Crippen molar-refractivity contribution in [2.75, 3.05) is 13.2 Å². The minimum atomic E-state index is -0.906. The van der Waals surface area contributed by atoms with Crippen LogP contribution in [0.5, 0.6) is 5.75 Å². The molecule has 0 amide bonds. The molecule has 0 N–H and O–H groups in total. The second kappa shape index (κ2) is 13.4. The summed E-state index contributed by atoms with van der Waals surface area (Å²) in [4.78, 5) is 0. The smallest absolute Gasteiger partial charge is 0.201 e. The average Bonchev–Trinajstić information content (AvgIpc) is 2.99. The molecule has 1 saturated heterocycles. The molecule has 2 saturated carbocycles. The van der Waals surface area contributed by atoms with Gasteiger partial charge in [0.25, 0.3) is 0 Å². The molecule has 2 unspecified atom stereocenters. The highest BCUT2D eigenvalue weighted by Crippen LogP contribution is 2.43. The van der Waals surface area contributed by atoms with Gasteiger partial charge in [-0.25, -0.2) is 4.39 Å². The molecule has 2 aliphatic carbocycles. The van der Waals surface area contributed by atoms with Gasteiger partial charge in [0.2, 0.25) is 5.82 Å². The predicted molar refractivity (Wildman–Crippen MR) is 155 cm³/mol. The summed E-state index contributed by atoms with van der Waals surface area (Å²) in [6.45, 7) is 5.42. The van der Waals surface area contributed by atoms with Crippen molar-refractivity contribution in [1.29, 1.82) is 0 Å². The minimum Gasteiger partial charge on any atom is -0.490 e. The number of hydrogen-bond acceptors (Lipinski definition) is 2. The zero-order chi connectivity index (χ0) is 27.2. The monoisotopic (exact) mass is 536 g/mol. The molecule has 4 heteroatoms. The van der Waals surface area contributed by atoms with Crippen molar-refractivity contribution in [3.63, 3.8) is 0 Å². The van der Waals surface area contributed by atoms with E-state index in [0.29, 0.717) is 30.1 Å². The molecule has 2 atom stereocenters. The number of allylic oxidation sites excluding steroid dienone is 2. The van der Waals surface area contributed by atoms with Gasteiger partial charge in [0.1, 0.15) is 0 Å². The van der Waals surface area contributed by atoms with Crippen LogP contribution in [-0.4, -0.2) is 19.3 Å². The molecule has 5 rings (SSSR count). The average molecular weight is 537 g/mol. The third kappa shape index (κ3) is 6.76. The van der Waals surface area contributed by atoms with Gasteiger partial charge >= 0.3 is 0 Å². The van der Waals surface area contributed by atoms with Crippen LogP contribution in [0, 0.1) is 35.3 Å². The minimum absolute atomic E-state index is 0.0175. The maximum atomic E-state index is 14.8. The lowest BCUT2D eigenvalue weighted by Gasteiger charge is -2.41. The van der Waals surface area contributed by atoms with Crippen LogP contribution < -0.4 is 4.74 Å². The van der Waals surface area contributed by atoms with Crippen LogP contribution in [0.3, 0.4) is 0 Å². The Morgan fingerprint density at radius 1 is 0.795 bits per heavy atom. The van der Waals surface area contributed by atoms with E-state index in [4.69, 9.17) is 9.47 Å². The Labute approximate surface area is 234 Å². The van der Waals surface area contributed by atoms with Gasteiger partial charge in [0.15, 0.2) is 11.6 Å². The number of benzene rings is 2. The molecule has 212 valence electrons. The van der Waals surface area contributed by atoms with Gasteiger partial charge in [0.05, 0.1) is 19.3 Å². The SMILES string of the molecule is CC=CC1CCC(C2CCC(C3CCC(c4ccc(-c5ccc(OCCC)c(F)c5F)cc4)CC3)OC2)CC1. The molecule has 3 fully saturated rings. The third-order valence-electron chi connectivity index (χ3n) is 9.79. The summed E-state index contributed by atoms with van der Waals surface area (Å²) in [5.74, 6) is 1.88. The highest BCUT2D eigenvalue weighted by atomic mass is 19.2. The molecule has 0 spiro atoms. The van der Waals surface area contributed by atoms with Crippen molar-refractivity contribution in [2.45, 2.75) is 96.5 Å². The Morgan fingerprint density at radius 3 is 2.13 bits per heavy atom. The van der Waals surface area contributed by atoms with Crippen molar-refractivity contribution in [2.24, 2.45) is 23.7 Å². The molecule has 0 radical (unpaired) electrons. The molecule has 2 aromatic rings. The molecule has 1 aliphatic heterocycles. The number of hydrogen-bond donors (Lipinski definition) is 0. The van der Waals surface area contributed by atoms with E-state index >= 15 is 0 Å². The molecule has 39 heavy (non-hydrogen) atoms.